The van der Waals surface area contributed by atoms with Gasteiger partial charge in [0.1, 0.15) is 5.75 Å². The van der Waals surface area contributed by atoms with Gasteiger partial charge in [-0.05, 0) is 38.5 Å². The molecule has 1 unspecified atom stereocenters. The monoisotopic (exact) mass is 290 g/mol. The number of nitrogens with one attached hydrogen (secondary N) is 1. The summed E-state index contributed by atoms with van der Waals surface area (Å²) < 4.78 is 5.60. The average molecular weight is 290 g/mol. The lowest BCUT2D eigenvalue weighted by Gasteiger charge is -2.32. The van der Waals surface area contributed by atoms with Crippen molar-refractivity contribution in [1.29, 1.82) is 0 Å². The number of amides is 2. The van der Waals surface area contributed by atoms with Crippen molar-refractivity contribution in [1.82, 2.24) is 0 Å². The minimum Gasteiger partial charge on any atom is -0.479 e. The Morgan fingerprint density at radius 3 is 2.81 bits per heavy atom. The number of nitrogens with zero attached hydrogens (tertiary/aromatic N) is 1. The van der Waals surface area contributed by atoms with Crippen molar-refractivity contribution in [2.75, 3.05) is 16.8 Å². The van der Waals surface area contributed by atoms with Gasteiger partial charge in [-0.1, -0.05) is 13.3 Å². The van der Waals surface area contributed by atoms with Crippen LogP contribution in [0.15, 0.2) is 18.2 Å². The molecule has 5 nitrogen and oxygen atoms in total. The van der Waals surface area contributed by atoms with Crippen molar-refractivity contribution in [3.63, 3.8) is 0 Å². The topological polar surface area (TPSA) is 58.6 Å². The van der Waals surface area contributed by atoms with Crippen molar-refractivity contribution in [3.8, 4) is 5.75 Å². The van der Waals surface area contributed by atoms with Gasteiger partial charge in [-0.15, -0.1) is 0 Å². The molecule has 0 radical (unpaired) electrons. The zero-order chi connectivity index (χ0) is 15.4. The Kier molecular flexibility index (Phi) is 4.83. The molecule has 5 heteroatoms. The Labute approximate surface area is 125 Å². The van der Waals surface area contributed by atoms with Gasteiger partial charge >= 0.3 is 0 Å². The fourth-order valence-electron chi connectivity index (χ4n) is 2.37. The zero-order valence-corrected chi connectivity index (χ0v) is 12.8. The van der Waals surface area contributed by atoms with Gasteiger partial charge in [-0.2, -0.15) is 0 Å². The number of anilines is 2. The summed E-state index contributed by atoms with van der Waals surface area (Å²) >= 11 is 0. The molecule has 1 heterocycles. The number of likely N-dealkylation sites (N-methyl/N-ethyl adjacent to an activating group) is 1. The van der Waals surface area contributed by atoms with Crippen molar-refractivity contribution >= 4 is 23.2 Å². The Hall–Kier alpha value is -2.04. The molecule has 21 heavy (non-hydrogen) atoms. The molecule has 0 spiro atoms. The molecule has 1 aliphatic rings. The first kappa shape index (κ1) is 15.4. The number of hydrogen-bond donors (Lipinski definition) is 1. The number of hydrogen-bond acceptors (Lipinski definition) is 3. The maximum Gasteiger partial charge on any atom is 0.267 e. The van der Waals surface area contributed by atoms with Crippen molar-refractivity contribution in [3.05, 3.63) is 18.2 Å². The Morgan fingerprint density at radius 2 is 2.14 bits per heavy atom. The Morgan fingerprint density at radius 1 is 1.38 bits per heavy atom. The van der Waals surface area contributed by atoms with Crippen LogP contribution in [0.5, 0.6) is 5.75 Å². The molecule has 2 amide bonds. The summed E-state index contributed by atoms with van der Waals surface area (Å²) in [6.07, 6.45) is 1.90. The second kappa shape index (κ2) is 6.61. The highest BCUT2D eigenvalue weighted by Gasteiger charge is 2.30. The minimum absolute atomic E-state index is 0.00345. The van der Waals surface area contributed by atoms with Gasteiger partial charge in [-0.3, -0.25) is 9.59 Å². The summed E-state index contributed by atoms with van der Waals surface area (Å²) in [5.41, 5.74) is 1.41. The number of carbonyl (C=O) groups is 2. The molecule has 1 N–H and O–H groups in total. The lowest BCUT2D eigenvalue weighted by molar-refractivity contribution is -0.125. The minimum atomic E-state index is -0.470. The van der Waals surface area contributed by atoms with Gasteiger partial charge in [0, 0.05) is 18.7 Å². The predicted molar refractivity (Wildman–Crippen MR) is 82.7 cm³/mol. The second-order valence-corrected chi connectivity index (χ2v) is 5.18. The summed E-state index contributed by atoms with van der Waals surface area (Å²) in [6, 6.07) is 5.40. The molecule has 1 aromatic rings. The number of benzene rings is 1. The van der Waals surface area contributed by atoms with Crippen LogP contribution in [0.25, 0.3) is 0 Å². The van der Waals surface area contributed by atoms with E-state index >= 15 is 0 Å². The lowest BCUT2D eigenvalue weighted by atomic mass is 10.1. The highest BCUT2D eigenvalue weighted by molar-refractivity contribution is 6.01. The molecule has 0 saturated carbocycles. The van der Waals surface area contributed by atoms with Crippen LogP contribution < -0.4 is 15.0 Å². The number of rotatable bonds is 5. The number of fused-ring (bicyclic) bond motifs is 1. The van der Waals surface area contributed by atoms with Crippen molar-refractivity contribution in [2.24, 2.45) is 0 Å². The first-order valence-corrected chi connectivity index (χ1v) is 7.48. The van der Waals surface area contributed by atoms with E-state index in [1.807, 2.05) is 6.92 Å². The van der Waals surface area contributed by atoms with Crippen molar-refractivity contribution < 1.29 is 14.3 Å². The van der Waals surface area contributed by atoms with Gasteiger partial charge in [0.25, 0.3) is 5.91 Å². The summed E-state index contributed by atoms with van der Waals surface area (Å²) in [6.45, 7) is 6.29. The lowest BCUT2D eigenvalue weighted by Crippen LogP contribution is -2.44. The molecule has 0 bridgehead atoms. The molecule has 114 valence electrons. The first-order valence-electron chi connectivity index (χ1n) is 7.48. The Bertz CT molecular complexity index is 542. The largest absolute Gasteiger partial charge is 0.479 e. The summed E-state index contributed by atoms with van der Waals surface area (Å²) in [5.74, 6) is 0.617. The summed E-state index contributed by atoms with van der Waals surface area (Å²) in [5, 5.41) is 2.87. The number of carbonyl (C=O) groups excluding carboxylic acids is 2. The zero-order valence-electron chi connectivity index (χ0n) is 12.8. The quantitative estimate of drug-likeness (QED) is 0.907. The fraction of sp³-hybridized carbons (Fsp3) is 0.500. The second-order valence-electron chi connectivity index (χ2n) is 5.18. The van der Waals surface area contributed by atoms with Gasteiger partial charge < -0.3 is 15.0 Å². The standard InChI is InChI=1S/C16H22N2O3/c1-4-6-7-15(19)17-12-8-9-14-13(10-12)18(5-2)16(20)11(3)21-14/h8-11H,4-7H2,1-3H3,(H,17,19). The third kappa shape index (κ3) is 3.35. The van der Waals surface area contributed by atoms with E-state index in [1.165, 1.54) is 0 Å². The van der Waals surface area contributed by atoms with E-state index in [1.54, 1.807) is 30.0 Å². The summed E-state index contributed by atoms with van der Waals surface area (Å²) in [4.78, 5) is 25.6. The average Bonchev–Trinajstić information content (AvgIpc) is 2.47. The van der Waals surface area contributed by atoms with E-state index < -0.39 is 6.10 Å². The molecular weight excluding hydrogens is 268 g/mol. The van der Waals surface area contributed by atoms with E-state index in [-0.39, 0.29) is 11.8 Å². The van der Waals surface area contributed by atoms with Crippen LogP contribution in [0, 0.1) is 0 Å². The number of ether oxygens (including phenoxy) is 1. The van der Waals surface area contributed by atoms with Crippen molar-refractivity contribution in [2.45, 2.75) is 46.1 Å². The molecule has 1 aromatic carbocycles. The predicted octanol–water partition coefficient (Wildman–Crippen LogP) is 2.95. The van der Waals surface area contributed by atoms with Gasteiger partial charge in [0.2, 0.25) is 5.91 Å². The molecule has 0 fully saturated rings. The molecule has 0 aromatic heterocycles. The highest BCUT2D eigenvalue weighted by Crippen LogP contribution is 2.36. The van der Waals surface area contributed by atoms with Crippen LogP contribution in [0.4, 0.5) is 11.4 Å². The van der Waals surface area contributed by atoms with Gasteiger partial charge in [0.15, 0.2) is 6.10 Å². The highest BCUT2D eigenvalue weighted by atomic mass is 16.5. The maximum absolute atomic E-state index is 12.1. The molecule has 0 saturated heterocycles. The third-order valence-electron chi connectivity index (χ3n) is 3.52. The normalized spacial score (nSPS) is 17.2. The van der Waals surface area contributed by atoms with E-state index in [9.17, 15) is 9.59 Å². The first-order chi connectivity index (χ1) is 10.1. The summed E-state index contributed by atoms with van der Waals surface area (Å²) in [7, 11) is 0. The van der Waals surface area contributed by atoms with Crippen LogP contribution >= 0.6 is 0 Å². The van der Waals surface area contributed by atoms with Gasteiger partial charge in [0.05, 0.1) is 5.69 Å². The molecule has 2 rings (SSSR count). The maximum atomic E-state index is 12.1. The number of unbranched alkanes of at least 4 members (excludes halogenated alkanes) is 1. The molecular formula is C16H22N2O3. The van der Waals surface area contributed by atoms with E-state index in [0.29, 0.717) is 30.1 Å². The van der Waals surface area contributed by atoms with Crippen LogP contribution in [-0.2, 0) is 9.59 Å². The smallest absolute Gasteiger partial charge is 0.267 e. The fourth-order valence-corrected chi connectivity index (χ4v) is 2.37. The van der Waals surface area contributed by atoms with E-state index in [4.69, 9.17) is 4.74 Å². The van der Waals surface area contributed by atoms with Crippen LogP contribution in [0.3, 0.4) is 0 Å². The van der Waals surface area contributed by atoms with E-state index in [0.717, 1.165) is 12.8 Å². The van der Waals surface area contributed by atoms with E-state index in [2.05, 4.69) is 12.2 Å². The van der Waals surface area contributed by atoms with Gasteiger partial charge in [-0.25, -0.2) is 0 Å². The van der Waals surface area contributed by atoms with Crippen LogP contribution in [0.2, 0.25) is 0 Å². The van der Waals surface area contributed by atoms with Crippen LogP contribution in [-0.4, -0.2) is 24.5 Å². The Balaban J connectivity index is 2.20. The molecule has 0 aliphatic carbocycles. The SMILES string of the molecule is CCCCC(=O)Nc1ccc2c(c1)N(CC)C(=O)C(C)O2. The molecule has 1 atom stereocenters. The van der Waals surface area contributed by atoms with Crippen LogP contribution in [0.1, 0.15) is 40.0 Å². The molecule has 1 aliphatic heterocycles. The third-order valence-corrected chi connectivity index (χ3v) is 3.52.